The van der Waals surface area contributed by atoms with Crippen LogP contribution >= 0.6 is 0 Å². The zero-order chi connectivity index (χ0) is 14.9. The summed E-state index contributed by atoms with van der Waals surface area (Å²) in [6.07, 6.45) is 4.88. The lowest BCUT2D eigenvalue weighted by Gasteiger charge is -2.21. The van der Waals surface area contributed by atoms with Crippen molar-refractivity contribution in [2.24, 2.45) is 0 Å². The van der Waals surface area contributed by atoms with Crippen LogP contribution in [0.4, 0.5) is 4.79 Å². The van der Waals surface area contributed by atoms with Gasteiger partial charge in [-0.3, -0.25) is 0 Å². The SMILES string of the molecule is CCCCC(CCC)NC(=O)NCC(C)(O)C(=O)O. The Morgan fingerprint density at radius 1 is 1.21 bits per heavy atom. The molecule has 6 nitrogen and oxygen atoms in total. The molecular weight excluding hydrogens is 248 g/mol. The summed E-state index contributed by atoms with van der Waals surface area (Å²) < 4.78 is 0. The van der Waals surface area contributed by atoms with Gasteiger partial charge < -0.3 is 20.8 Å². The lowest BCUT2D eigenvalue weighted by molar-refractivity contribution is -0.155. The third kappa shape index (κ3) is 7.66. The van der Waals surface area contributed by atoms with Gasteiger partial charge >= 0.3 is 12.0 Å². The normalized spacial score (nSPS) is 15.4. The number of carboxylic acids is 1. The second-order valence-corrected chi connectivity index (χ2v) is 5.03. The number of urea groups is 1. The Bertz CT molecular complexity index is 292. The van der Waals surface area contributed by atoms with Crippen molar-refractivity contribution >= 4 is 12.0 Å². The van der Waals surface area contributed by atoms with Crippen molar-refractivity contribution in [3.63, 3.8) is 0 Å². The van der Waals surface area contributed by atoms with E-state index in [1.165, 1.54) is 0 Å². The fourth-order valence-electron chi connectivity index (χ4n) is 1.65. The Morgan fingerprint density at radius 3 is 2.32 bits per heavy atom. The predicted molar refractivity (Wildman–Crippen MR) is 73.0 cm³/mol. The molecule has 112 valence electrons. The van der Waals surface area contributed by atoms with Gasteiger partial charge in [0.05, 0.1) is 6.54 Å². The number of carbonyl (C=O) groups excluding carboxylic acids is 1. The zero-order valence-electron chi connectivity index (χ0n) is 12.0. The summed E-state index contributed by atoms with van der Waals surface area (Å²) in [5.74, 6) is -1.36. The molecule has 2 unspecified atom stereocenters. The summed E-state index contributed by atoms with van der Waals surface area (Å²) in [4.78, 5) is 22.3. The highest BCUT2D eigenvalue weighted by Crippen LogP contribution is 2.07. The van der Waals surface area contributed by atoms with E-state index < -0.39 is 17.6 Å². The van der Waals surface area contributed by atoms with E-state index in [4.69, 9.17) is 5.11 Å². The molecule has 0 bridgehead atoms. The van der Waals surface area contributed by atoms with Crippen LogP contribution in [-0.4, -0.2) is 40.4 Å². The van der Waals surface area contributed by atoms with Gasteiger partial charge in [-0.2, -0.15) is 0 Å². The molecule has 0 aromatic heterocycles. The summed E-state index contributed by atoms with van der Waals surface area (Å²) in [5, 5.41) is 23.4. The summed E-state index contributed by atoms with van der Waals surface area (Å²) >= 11 is 0. The van der Waals surface area contributed by atoms with Crippen molar-refractivity contribution in [3.8, 4) is 0 Å². The summed E-state index contributed by atoms with van der Waals surface area (Å²) in [7, 11) is 0. The fraction of sp³-hybridized carbons (Fsp3) is 0.846. The van der Waals surface area contributed by atoms with E-state index in [1.54, 1.807) is 0 Å². The minimum absolute atomic E-state index is 0.0970. The molecule has 2 atom stereocenters. The molecule has 0 aliphatic carbocycles. The third-order valence-corrected chi connectivity index (χ3v) is 2.93. The summed E-state index contributed by atoms with van der Waals surface area (Å²) in [5.41, 5.74) is -1.94. The first-order valence-corrected chi connectivity index (χ1v) is 6.83. The number of carbonyl (C=O) groups is 2. The first-order chi connectivity index (χ1) is 8.83. The molecule has 2 amide bonds. The van der Waals surface area contributed by atoms with Crippen LogP contribution in [0.15, 0.2) is 0 Å². The molecule has 6 heteroatoms. The van der Waals surface area contributed by atoms with Crippen molar-refractivity contribution in [1.82, 2.24) is 10.6 Å². The molecule has 0 saturated carbocycles. The van der Waals surface area contributed by atoms with Gasteiger partial charge in [-0.25, -0.2) is 9.59 Å². The first kappa shape index (κ1) is 17.7. The molecular formula is C13H26N2O4. The van der Waals surface area contributed by atoms with Gasteiger partial charge in [0, 0.05) is 6.04 Å². The van der Waals surface area contributed by atoms with Crippen molar-refractivity contribution in [1.29, 1.82) is 0 Å². The molecule has 0 radical (unpaired) electrons. The van der Waals surface area contributed by atoms with Crippen molar-refractivity contribution < 1.29 is 19.8 Å². The smallest absolute Gasteiger partial charge is 0.337 e. The van der Waals surface area contributed by atoms with Gasteiger partial charge in [-0.05, 0) is 19.8 Å². The van der Waals surface area contributed by atoms with Crippen molar-refractivity contribution in [3.05, 3.63) is 0 Å². The average Bonchev–Trinajstić information content (AvgIpc) is 2.33. The van der Waals surface area contributed by atoms with Crippen LogP contribution < -0.4 is 10.6 Å². The van der Waals surface area contributed by atoms with Crippen LogP contribution in [0.2, 0.25) is 0 Å². The van der Waals surface area contributed by atoms with Gasteiger partial charge in [0.1, 0.15) is 0 Å². The van der Waals surface area contributed by atoms with E-state index >= 15 is 0 Å². The lowest BCUT2D eigenvalue weighted by atomic mass is 10.1. The Balaban J connectivity index is 4.15. The molecule has 0 aromatic rings. The van der Waals surface area contributed by atoms with Crippen molar-refractivity contribution in [2.45, 2.75) is 64.5 Å². The second-order valence-electron chi connectivity index (χ2n) is 5.03. The van der Waals surface area contributed by atoms with E-state index in [0.717, 1.165) is 39.0 Å². The van der Waals surface area contributed by atoms with E-state index in [9.17, 15) is 14.7 Å². The highest BCUT2D eigenvalue weighted by atomic mass is 16.4. The van der Waals surface area contributed by atoms with Gasteiger partial charge in [-0.1, -0.05) is 33.1 Å². The fourth-order valence-corrected chi connectivity index (χ4v) is 1.65. The number of hydrogen-bond donors (Lipinski definition) is 4. The minimum atomic E-state index is -1.94. The van der Waals surface area contributed by atoms with Gasteiger partial charge in [0.25, 0.3) is 0 Å². The zero-order valence-corrected chi connectivity index (χ0v) is 12.0. The van der Waals surface area contributed by atoms with Crippen molar-refractivity contribution in [2.75, 3.05) is 6.54 Å². The summed E-state index contributed by atoms with van der Waals surface area (Å²) in [6.45, 7) is 4.97. The maximum atomic E-state index is 11.6. The number of nitrogens with one attached hydrogen (secondary N) is 2. The largest absolute Gasteiger partial charge is 0.479 e. The molecule has 19 heavy (non-hydrogen) atoms. The Hall–Kier alpha value is -1.30. The molecule has 0 aromatic carbocycles. The molecule has 0 rings (SSSR count). The molecule has 0 spiro atoms. The topological polar surface area (TPSA) is 98.7 Å². The lowest BCUT2D eigenvalue weighted by Crippen LogP contribution is -2.50. The molecule has 0 aliphatic heterocycles. The standard InChI is InChI=1S/C13H26N2O4/c1-4-6-8-10(7-5-2)15-12(18)14-9-13(3,19)11(16)17/h10,19H,4-9H2,1-3H3,(H,16,17)(H2,14,15,18). The Kier molecular flexibility index (Phi) is 8.14. The molecule has 4 N–H and O–H groups in total. The highest BCUT2D eigenvalue weighted by molar-refractivity contribution is 5.79. The highest BCUT2D eigenvalue weighted by Gasteiger charge is 2.30. The number of hydrogen-bond acceptors (Lipinski definition) is 3. The predicted octanol–water partition coefficient (Wildman–Crippen LogP) is 1.48. The van der Waals surface area contributed by atoms with Crippen LogP contribution in [0.5, 0.6) is 0 Å². The molecule has 0 saturated heterocycles. The number of carboxylic acid groups (broad SMARTS) is 1. The van der Waals surface area contributed by atoms with Gasteiger partial charge in [0.15, 0.2) is 5.60 Å². The quantitative estimate of drug-likeness (QED) is 0.512. The molecule has 0 aliphatic rings. The van der Waals surface area contributed by atoms with Crippen LogP contribution in [0.3, 0.4) is 0 Å². The van der Waals surface area contributed by atoms with E-state index in [2.05, 4.69) is 17.6 Å². The number of rotatable bonds is 9. The minimum Gasteiger partial charge on any atom is -0.479 e. The Labute approximate surface area is 114 Å². The van der Waals surface area contributed by atoms with Crippen LogP contribution in [0.1, 0.15) is 52.9 Å². The number of amides is 2. The van der Waals surface area contributed by atoms with Gasteiger partial charge in [-0.15, -0.1) is 0 Å². The van der Waals surface area contributed by atoms with E-state index in [-0.39, 0.29) is 12.6 Å². The summed E-state index contributed by atoms with van der Waals surface area (Å²) in [6, 6.07) is -0.337. The van der Waals surface area contributed by atoms with Crippen LogP contribution in [0, 0.1) is 0 Å². The van der Waals surface area contributed by atoms with E-state index in [0.29, 0.717) is 0 Å². The maximum Gasteiger partial charge on any atom is 0.337 e. The number of unbranched alkanes of at least 4 members (excludes halogenated alkanes) is 1. The monoisotopic (exact) mass is 274 g/mol. The number of aliphatic carboxylic acids is 1. The number of aliphatic hydroxyl groups is 1. The van der Waals surface area contributed by atoms with Crippen LogP contribution in [0.25, 0.3) is 0 Å². The molecule has 0 fully saturated rings. The Morgan fingerprint density at radius 2 is 1.84 bits per heavy atom. The second kappa shape index (κ2) is 8.74. The van der Waals surface area contributed by atoms with E-state index in [1.807, 2.05) is 6.92 Å². The van der Waals surface area contributed by atoms with Gasteiger partial charge in [0.2, 0.25) is 0 Å². The maximum absolute atomic E-state index is 11.6. The first-order valence-electron chi connectivity index (χ1n) is 6.83. The molecule has 0 heterocycles. The average molecular weight is 274 g/mol. The van der Waals surface area contributed by atoms with Crippen LogP contribution in [-0.2, 0) is 4.79 Å². The third-order valence-electron chi connectivity index (χ3n) is 2.93.